The molecule has 2 N–H and O–H groups in total. The summed E-state index contributed by atoms with van der Waals surface area (Å²) < 4.78 is 5.35. The maximum atomic E-state index is 12.0. The predicted molar refractivity (Wildman–Crippen MR) is 143 cm³/mol. The average Bonchev–Trinajstić information content (AvgIpc) is 2.79. The van der Waals surface area contributed by atoms with E-state index in [9.17, 15) is 9.59 Å². The van der Waals surface area contributed by atoms with E-state index in [1.807, 2.05) is 31.7 Å². The van der Waals surface area contributed by atoms with Crippen LogP contribution in [0.3, 0.4) is 0 Å². The normalized spacial score (nSPS) is 17.8. The second kappa shape index (κ2) is 10.9. The zero-order valence-corrected chi connectivity index (χ0v) is 23.1. The van der Waals surface area contributed by atoms with Crippen LogP contribution in [0, 0.1) is 11.3 Å². The van der Waals surface area contributed by atoms with Crippen molar-refractivity contribution in [3.8, 4) is 0 Å². The lowest BCUT2D eigenvalue weighted by molar-refractivity contribution is -0.142. The van der Waals surface area contributed by atoms with Gasteiger partial charge in [-0.05, 0) is 45.1 Å². The van der Waals surface area contributed by atoms with Crippen LogP contribution in [0.5, 0.6) is 0 Å². The van der Waals surface area contributed by atoms with Crippen molar-refractivity contribution in [2.24, 2.45) is 11.3 Å². The number of aromatic nitrogens is 3. The number of carboxylic acids is 1. The summed E-state index contributed by atoms with van der Waals surface area (Å²) in [4.78, 5) is 41.5. The lowest BCUT2D eigenvalue weighted by Gasteiger charge is -2.40. The summed E-state index contributed by atoms with van der Waals surface area (Å²) in [6.45, 7) is 10.7. The van der Waals surface area contributed by atoms with Gasteiger partial charge in [-0.25, -0.2) is 19.7 Å². The number of alkyl carbamates (subject to hydrolysis) is 1. The molecule has 4 rings (SSSR count). The first kappa shape index (κ1) is 27.3. The Kier molecular flexibility index (Phi) is 8.03. The van der Waals surface area contributed by atoms with Crippen LogP contribution in [0.2, 0.25) is 5.02 Å². The molecule has 2 aliphatic rings. The first-order valence-electron chi connectivity index (χ1n) is 12.3. The highest BCUT2D eigenvalue weighted by molar-refractivity contribution is 7.99. The Morgan fingerprint density at radius 2 is 1.89 bits per heavy atom. The van der Waals surface area contributed by atoms with E-state index in [1.54, 1.807) is 18.6 Å². The van der Waals surface area contributed by atoms with E-state index in [4.69, 9.17) is 21.4 Å². The molecule has 0 aliphatic carbocycles. The number of nitrogens with one attached hydrogen (secondary N) is 1. The third kappa shape index (κ3) is 6.95. The van der Waals surface area contributed by atoms with Crippen LogP contribution in [-0.4, -0.2) is 70.4 Å². The number of carboxylic acid groups (broad SMARTS) is 1. The molecule has 0 spiro atoms. The van der Waals surface area contributed by atoms with Gasteiger partial charge in [-0.15, -0.1) is 0 Å². The SMILES string of the molecule is CC1(CNC(=O)OC(C)(C)C)CCN(c2cnc(Sc3ccnc(N4CC(C(=O)O)C4)c3Cl)cn2)CC1. The van der Waals surface area contributed by atoms with E-state index in [0.717, 1.165) is 36.6 Å². The van der Waals surface area contributed by atoms with Crippen molar-refractivity contribution in [3.05, 3.63) is 29.7 Å². The maximum Gasteiger partial charge on any atom is 0.407 e. The third-order valence-electron chi connectivity index (χ3n) is 6.55. The predicted octanol–water partition coefficient (Wildman–Crippen LogP) is 4.33. The van der Waals surface area contributed by atoms with E-state index >= 15 is 0 Å². The molecular formula is C25H33ClN6O4S. The van der Waals surface area contributed by atoms with Gasteiger partial charge in [-0.1, -0.05) is 30.3 Å². The van der Waals surface area contributed by atoms with Crippen LogP contribution in [0.15, 0.2) is 34.6 Å². The van der Waals surface area contributed by atoms with E-state index < -0.39 is 11.6 Å². The van der Waals surface area contributed by atoms with Gasteiger partial charge in [0.05, 0.1) is 23.3 Å². The number of ether oxygens (including phenoxy) is 1. The molecule has 0 unspecified atom stereocenters. The van der Waals surface area contributed by atoms with Gasteiger partial charge < -0.3 is 25.0 Å². The summed E-state index contributed by atoms with van der Waals surface area (Å²) in [7, 11) is 0. The Bertz CT molecular complexity index is 1130. The number of hydrogen-bond acceptors (Lipinski definition) is 9. The van der Waals surface area contributed by atoms with Crippen molar-refractivity contribution >= 4 is 47.1 Å². The van der Waals surface area contributed by atoms with Gasteiger partial charge in [-0.3, -0.25) is 4.79 Å². The topological polar surface area (TPSA) is 121 Å². The van der Waals surface area contributed by atoms with Gasteiger partial charge in [0, 0.05) is 43.8 Å². The van der Waals surface area contributed by atoms with Gasteiger partial charge in [0.25, 0.3) is 0 Å². The van der Waals surface area contributed by atoms with Gasteiger partial charge in [0.2, 0.25) is 0 Å². The first-order chi connectivity index (χ1) is 17.4. The van der Waals surface area contributed by atoms with Crippen molar-refractivity contribution in [2.75, 3.05) is 42.5 Å². The lowest BCUT2D eigenvalue weighted by atomic mass is 9.80. The molecule has 37 heavy (non-hydrogen) atoms. The van der Waals surface area contributed by atoms with E-state index in [1.165, 1.54) is 11.8 Å². The Labute approximate surface area is 226 Å². The Morgan fingerprint density at radius 3 is 2.49 bits per heavy atom. The lowest BCUT2D eigenvalue weighted by Crippen LogP contribution is -2.50. The molecule has 12 heteroatoms. The highest BCUT2D eigenvalue weighted by Gasteiger charge is 2.35. The Balaban J connectivity index is 1.30. The highest BCUT2D eigenvalue weighted by Crippen LogP contribution is 2.39. The molecule has 2 saturated heterocycles. The molecule has 2 aromatic heterocycles. The summed E-state index contributed by atoms with van der Waals surface area (Å²) in [5, 5.41) is 13.2. The number of piperidine rings is 1. The molecule has 2 aliphatic heterocycles. The van der Waals surface area contributed by atoms with Crippen molar-refractivity contribution in [2.45, 2.75) is 56.1 Å². The summed E-state index contributed by atoms with van der Waals surface area (Å²) in [6, 6.07) is 1.82. The van der Waals surface area contributed by atoms with Gasteiger partial charge >= 0.3 is 12.1 Å². The average molecular weight is 549 g/mol. The minimum atomic E-state index is -0.802. The third-order valence-corrected chi connectivity index (χ3v) is 8.01. The fraction of sp³-hybridized carbons (Fsp3) is 0.560. The number of aliphatic carboxylic acids is 1. The van der Waals surface area contributed by atoms with Crippen LogP contribution in [0.25, 0.3) is 0 Å². The molecule has 0 radical (unpaired) electrons. The molecule has 0 atom stereocenters. The fourth-order valence-corrected chi connectivity index (χ4v) is 5.31. The molecule has 1 amide bonds. The molecular weight excluding hydrogens is 516 g/mol. The summed E-state index contributed by atoms with van der Waals surface area (Å²) in [6.07, 6.45) is 6.61. The number of rotatable bonds is 7. The van der Waals surface area contributed by atoms with Crippen LogP contribution in [0.4, 0.5) is 16.4 Å². The molecule has 10 nitrogen and oxygen atoms in total. The number of pyridine rings is 1. The monoisotopic (exact) mass is 548 g/mol. The van der Waals surface area contributed by atoms with Crippen molar-refractivity contribution < 1.29 is 19.4 Å². The van der Waals surface area contributed by atoms with E-state index in [-0.39, 0.29) is 17.4 Å². The van der Waals surface area contributed by atoms with Gasteiger partial charge in [0.15, 0.2) is 0 Å². The summed E-state index contributed by atoms with van der Waals surface area (Å²) >= 11 is 7.98. The van der Waals surface area contributed by atoms with Crippen LogP contribution >= 0.6 is 23.4 Å². The minimum absolute atomic E-state index is 0.00658. The molecule has 4 heterocycles. The highest BCUT2D eigenvalue weighted by atomic mass is 35.5. The van der Waals surface area contributed by atoms with E-state index in [2.05, 4.69) is 32.1 Å². The zero-order chi connectivity index (χ0) is 26.8. The standard InChI is InChI=1S/C25H33ClN6O4S/c1-24(2,3)36-23(35)30-15-25(4)6-9-31(10-7-25)18-11-29-19(12-28-18)37-17-5-8-27-21(20(17)26)32-13-16(14-32)22(33)34/h5,8,11-12,16H,6-7,9-10,13-15H2,1-4H3,(H,30,35)(H,33,34). The number of hydrogen-bond donors (Lipinski definition) is 2. The smallest absolute Gasteiger partial charge is 0.407 e. The molecule has 0 saturated carbocycles. The summed E-state index contributed by atoms with van der Waals surface area (Å²) in [5.74, 6) is 0.213. The molecule has 2 fully saturated rings. The Hall–Kier alpha value is -2.79. The first-order valence-corrected chi connectivity index (χ1v) is 13.5. The number of anilines is 2. The molecule has 2 aromatic rings. The number of carbonyl (C=O) groups excluding carboxylic acids is 1. The number of amides is 1. The molecule has 200 valence electrons. The van der Waals surface area contributed by atoms with Crippen LogP contribution < -0.4 is 15.1 Å². The fourth-order valence-electron chi connectivity index (χ4n) is 4.21. The van der Waals surface area contributed by atoms with Crippen molar-refractivity contribution in [3.63, 3.8) is 0 Å². The van der Waals surface area contributed by atoms with Crippen LogP contribution in [-0.2, 0) is 9.53 Å². The van der Waals surface area contributed by atoms with Gasteiger partial charge in [-0.2, -0.15) is 0 Å². The van der Waals surface area contributed by atoms with Crippen molar-refractivity contribution in [1.82, 2.24) is 20.3 Å². The summed E-state index contributed by atoms with van der Waals surface area (Å²) in [5.41, 5.74) is -0.518. The van der Waals surface area contributed by atoms with E-state index in [0.29, 0.717) is 35.5 Å². The second-order valence-corrected chi connectivity index (χ2v) is 12.3. The van der Waals surface area contributed by atoms with Gasteiger partial charge in [0.1, 0.15) is 22.3 Å². The second-order valence-electron chi connectivity index (χ2n) is 10.9. The zero-order valence-electron chi connectivity index (χ0n) is 21.5. The number of halogens is 1. The molecule has 0 bridgehead atoms. The maximum absolute atomic E-state index is 12.0. The number of carbonyl (C=O) groups is 2. The Morgan fingerprint density at radius 1 is 1.19 bits per heavy atom. The van der Waals surface area contributed by atoms with Crippen molar-refractivity contribution in [1.29, 1.82) is 0 Å². The number of nitrogens with zero attached hydrogens (tertiary/aromatic N) is 5. The quantitative estimate of drug-likeness (QED) is 0.517. The minimum Gasteiger partial charge on any atom is -0.481 e. The molecule has 0 aromatic carbocycles. The van der Waals surface area contributed by atoms with Crippen LogP contribution in [0.1, 0.15) is 40.5 Å². The largest absolute Gasteiger partial charge is 0.481 e.